The Bertz CT molecular complexity index is 372. The van der Waals surface area contributed by atoms with E-state index in [0.29, 0.717) is 5.92 Å². The molecule has 0 spiro atoms. The van der Waals surface area contributed by atoms with Gasteiger partial charge in [-0.15, -0.1) is 0 Å². The summed E-state index contributed by atoms with van der Waals surface area (Å²) in [6.45, 7) is 6.92. The van der Waals surface area contributed by atoms with Crippen molar-refractivity contribution < 1.29 is 0 Å². The van der Waals surface area contributed by atoms with E-state index < -0.39 is 0 Å². The number of hydrogen-bond acceptors (Lipinski definition) is 1. The Morgan fingerprint density at radius 3 is 2.47 bits per heavy atom. The molecular weight excluding hydrogens is 206 g/mol. The van der Waals surface area contributed by atoms with Crippen LogP contribution >= 0.6 is 0 Å². The Morgan fingerprint density at radius 2 is 1.82 bits per heavy atom. The maximum atomic E-state index is 6.48. The molecule has 1 aromatic rings. The number of benzene rings is 1. The summed E-state index contributed by atoms with van der Waals surface area (Å²) in [7, 11) is 0. The molecule has 94 valence electrons. The SMILES string of the molecule is Cc1ccccc1C(N)C1CCC(C)C(C)C1. The van der Waals surface area contributed by atoms with Crippen LogP contribution in [-0.4, -0.2) is 0 Å². The second kappa shape index (κ2) is 5.22. The van der Waals surface area contributed by atoms with Crippen molar-refractivity contribution in [1.29, 1.82) is 0 Å². The molecular formula is C16H25N. The molecule has 0 amide bonds. The molecule has 1 aromatic carbocycles. The summed E-state index contributed by atoms with van der Waals surface area (Å²) in [6, 6.07) is 8.80. The highest BCUT2D eigenvalue weighted by atomic mass is 14.7. The Balaban J connectivity index is 2.10. The third kappa shape index (κ3) is 2.71. The predicted octanol–water partition coefficient (Wildman–Crippen LogP) is 4.07. The molecule has 4 unspecified atom stereocenters. The van der Waals surface area contributed by atoms with E-state index in [2.05, 4.69) is 45.0 Å². The lowest BCUT2D eigenvalue weighted by Gasteiger charge is -2.35. The zero-order chi connectivity index (χ0) is 12.4. The van der Waals surface area contributed by atoms with Gasteiger partial charge in [0.15, 0.2) is 0 Å². The molecule has 1 aliphatic rings. The minimum atomic E-state index is 0.228. The average molecular weight is 231 g/mol. The van der Waals surface area contributed by atoms with Gasteiger partial charge in [-0.25, -0.2) is 0 Å². The topological polar surface area (TPSA) is 26.0 Å². The fourth-order valence-corrected chi connectivity index (χ4v) is 3.13. The van der Waals surface area contributed by atoms with Gasteiger partial charge >= 0.3 is 0 Å². The van der Waals surface area contributed by atoms with Gasteiger partial charge in [0.25, 0.3) is 0 Å². The number of rotatable bonds is 2. The van der Waals surface area contributed by atoms with E-state index in [4.69, 9.17) is 5.73 Å². The monoisotopic (exact) mass is 231 g/mol. The molecule has 2 N–H and O–H groups in total. The molecule has 1 fully saturated rings. The number of hydrogen-bond donors (Lipinski definition) is 1. The van der Waals surface area contributed by atoms with Crippen LogP contribution in [0.3, 0.4) is 0 Å². The largest absolute Gasteiger partial charge is 0.324 e. The predicted molar refractivity (Wildman–Crippen MR) is 73.8 cm³/mol. The molecule has 0 aliphatic heterocycles. The van der Waals surface area contributed by atoms with Gasteiger partial charge in [-0.05, 0) is 48.6 Å². The highest BCUT2D eigenvalue weighted by Crippen LogP contribution is 2.39. The van der Waals surface area contributed by atoms with Gasteiger partial charge in [-0.3, -0.25) is 0 Å². The zero-order valence-electron chi connectivity index (χ0n) is 11.3. The average Bonchev–Trinajstić information content (AvgIpc) is 2.32. The van der Waals surface area contributed by atoms with E-state index in [1.165, 1.54) is 30.4 Å². The normalized spacial score (nSPS) is 31.2. The van der Waals surface area contributed by atoms with Crippen molar-refractivity contribution in [2.75, 3.05) is 0 Å². The van der Waals surface area contributed by atoms with Crippen molar-refractivity contribution in [1.82, 2.24) is 0 Å². The first kappa shape index (κ1) is 12.6. The van der Waals surface area contributed by atoms with Gasteiger partial charge in [0, 0.05) is 6.04 Å². The smallest absolute Gasteiger partial charge is 0.0326 e. The maximum Gasteiger partial charge on any atom is 0.0326 e. The maximum absolute atomic E-state index is 6.48. The van der Waals surface area contributed by atoms with E-state index in [9.17, 15) is 0 Å². The third-order valence-corrected chi connectivity index (χ3v) is 4.69. The van der Waals surface area contributed by atoms with Crippen LogP contribution in [0.5, 0.6) is 0 Å². The van der Waals surface area contributed by atoms with Crippen LogP contribution in [0.2, 0.25) is 0 Å². The fraction of sp³-hybridized carbons (Fsp3) is 0.625. The van der Waals surface area contributed by atoms with Crippen molar-refractivity contribution >= 4 is 0 Å². The minimum absolute atomic E-state index is 0.228. The first-order valence-corrected chi connectivity index (χ1v) is 6.90. The zero-order valence-corrected chi connectivity index (χ0v) is 11.3. The summed E-state index contributed by atoms with van der Waals surface area (Å²) < 4.78 is 0. The van der Waals surface area contributed by atoms with E-state index in [1.54, 1.807) is 0 Å². The highest BCUT2D eigenvalue weighted by molar-refractivity contribution is 5.29. The summed E-state index contributed by atoms with van der Waals surface area (Å²) in [5.41, 5.74) is 9.16. The molecule has 0 heterocycles. The molecule has 2 rings (SSSR count). The molecule has 17 heavy (non-hydrogen) atoms. The van der Waals surface area contributed by atoms with E-state index in [1.807, 2.05) is 0 Å². The van der Waals surface area contributed by atoms with E-state index in [0.717, 1.165) is 11.8 Å². The lowest BCUT2D eigenvalue weighted by atomic mass is 9.72. The standard InChI is InChI=1S/C16H25N/c1-11-8-9-14(10-13(11)3)16(17)15-7-5-4-6-12(15)2/h4-7,11,13-14,16H,8-10,17H2,1-3H3. The van der Waals surface area contributed by atoms with Gasteiger partial charge in [0.05, 0.1) is 0 Å². The minimum Gasteiger partial charge on any atom is -0.324 e. The van der Waals surface area contributed by atoms with Crippen molar-refractivity contribution in [3.63, 3.8) is 0 Å². The Kier molecular flexibility index (Phi) is 3.88. The molecule has 1 saturated carbocycles. The van der Waals surface area contributed by atoms with Crippen LogP contribution in [0.4, 0.5) is 0 Å². The highest BCUT2D eigenvalue weighted by Gasteiger charge is 2.29. The van der Waals surface area contributed by atoms with Crippen LogP contribution < -0.4 is 5.73 Å². The molecule has 0 saturated heterocycles. The van der Waals surface area contributed by atoms with Gasteiger partial charge in [-0.2, -0.15) is 0 Å². The van der Waals surface area contributed by atoms with Crippen molar-refractivity contribution in [3.05, 3.63) is 35.4 Å². The molecule has 1 heteroatoms. The van der Waals surface area contributed by atoms with Crippen LogP contribution in [0.25, 0.3) is 0 Å². The van der Waals surface area contributed by atoms with Gasteiger partial charge in [0.1, 0.15) is 0 Å². The van der Waals surface area contributed by atoms with E-state index in [-0.39, 0.29) is 6.04 Å². The summed E-state index contributed by atoms with van der Waals surface area (Å²) in [5.74, 6) is 2.36. The van der Waals surface area contributed by atoms with Crippen LogP contribution in [-0.2, 0) is 0 Å². The molecule has 0 aromatic heterocycles. The van der Waals surface area contributed by atoms with Gasteiger partial charge < -0.3 is 5.73 Å². The number of nitrogens with two attached hydrogens (primary N) is 1. The fourth-order valence-electron chi connectivity index (χ4n) is 3.13. The van der Waals surface area contributed by atoms with E-state index >= 15 is 0 Å². The summed E-state index contributed by atoms with van der Waals surface area (Å²) in [6.07, 6.45) is 3.92. The summed E-state index contributed by atoms with van der Waals surface area (Å²) in [5, 5.41) is 0. The molecule has 4 atom stereocenters. The van der Waals surface area contributed by atoms with Gasteiger partial charge in [-0.1, -0.05) is 44.5 Å². The third-order valence-electron chi connectivity index (χ3n) is 4.69. The molecule has 1 aliphatic carbocycles. The second-order valence-corrected chi connectivity index (χ2v) is 5.91. The van der Waals surface area contributed by atoms with Crippen molar-refractivity contribution in [2.45, 2.75) is 46.1 Å². The Hall–Kier alpha value is -0.820. The quantitative estimate of drug-likeness (QED) is 0.816. The lowest BCUT2D eigenvalue weighted by Crippen LogP contribution is -2.29. The lowest BCUT2D eigenvalue weighted by molar-refractivity contribution is 0.186. The summed E-state index contributed by atoms with van der Waals surface area (Å²) >= 11 is 0. The van der Waals surface area contributed by atoms with Gasteiger partial charge in [0.2, 0.25) is 0 Å². The molecule has 0 radical (unpaired) electrons. The number of aryl methyl sites for hydroxylation is 1. The van der Waals surface area contributed by atoms with Crippen LogP contribution in [0.1, 0.15) is 50.3 Å². The molecule has 1 nitrogen and oxygen atoms in total. The first-order chi connectivity index (χ1) is 8.09. The van der Waals surface area contributed by atoms with Crippen molar-refractivity contribution in [2.24, 2.45) is 23.5 Å². The van der Waals surface area contributed by atoms with Crippen LogP contribution in [0, 0.1) is 24.7 Å². The Labute approximate surface area is 105 Å². The first-order valence-electron chi connectivity index (χ1n) is 6.90. The van der Waals surface area contributed by atoms with Crippen LogP contribution in [0.15, 0.2) is 24.3 Å². The Morgan fingerprint density at radius 1 is 1.12 bits per heavy atom. The van der Waals surface area contributed by atoms with Crippen molar-refractivity contribution in [3.8, 4) is 0 Å². The summed E-state index contributed by atoms with van der Waals surface area (Å²) in [4.78, 5) is 0. The molecule has 0 bridgehead atoms. The second-order valence-electron chi connectivity index (χ2n) is 5.91.